The molecule has 2 heterocycles. The van der Waals surface area contributed by atoms with Crippen LogP contribution in [0.25, 0.3) is 0 Å². The van der Waals surface area contributed by atoms with Crippen LogP contribution >= 0.6 is 11.6 Å². The van der Waals surface area contributed by atoms with E-state index >= 15 is 0 Å². The second kappa shape index (κ2) is 7.52. The normalized spacial score (nSPS) is 21.7. The third-order valence-corrected chi connectivity index (χ3v) is 4.86. The summed E-state index contributed by atoms with van der Waals surface area (Å²) in [6.07, 6.45) is 1.22. The van der Waals surface area contributed by atoms with Crippen LogP contribution in [0.4, 0.5) is 13.2 Å². The van der Waals surface area contributed by atoms with Crippen LogP contribution in [0.1, 0.15) is 28.5 Å². The fraction of sp³-hybridized carbons (Fsp3) is 0.316. The number of amidine groups is 1. The van der Waals surface area contributed by atoms with Crippen molar-refractivity contribution < 1.29 is 22.7 Å². The maximum Gasteiger partial charge on any atom is 0.299 e. The molecule has 0 radical (unpaired) electrons. The number of hydrogen-bond donors (Lipinski definition) is 1. The van der Waals surface area contributed by atoms with E-state index in [4.69, 9.17) is 22.1 Å². The van der Waals surface area contributed by atoms with Gasteiger partial charge in [0.05, 0.1) is 5.02 Å². The lowest BCUT2D eigenvalue weighted by Gasteiger charge is -2.33. The molecule has 1 aromatic carbocycles. The largest absolute Gasteiger partial charge is 0.385 e. The Hall–Kier alpha value is -2.45. The maximum atomic E-state index is 14.7. The lowest BCUT2D eigenvalue weighted by Crippen LogP contribution is -2.45. The van der Waals surface area contributed by atoms with Crippen LogP contribution in [0.15, 0.2) is 41.5 Å². The van der Waals surface area contributed by atoms with Crippen LogP contribution in [0.2, 0.25) is 5.02 Å². The Labute approximate surface area is 164 Å². The minimum Gasteiger partial charge on any atom is -0.385 e. The predicted molar refractivity (Wildman–Crippen MR) is 98.4 cm³/mol. The van der Waals surface area contributed by atoms with Crippen molar-refractivity contribution in [2.45, 2.75) is 24.8 Å². The summed E-state index contributed by atoms with van der Waals surface area (Å²) in [7, 11) is 0. The second-order valence-electron chi connectivity index (χ2n) is 6.62. The molecule has 1 aliphatic heterocycles. The Balaban J connectivity index is 2.01. The molecule has 0 saturated carbocycles. The van der Waals surface area contributed by atoms with Gasteiger partial charge in [-0.25, -0.2) is 13.2 Å². The van der Waals surface area contributed by atoms with Gasteiger partial charge in [-0.05, 0) is 36.8 Å². The van der Waals surface area contributed by atoms with Crippen LogP contribution in [0.3, 0.4) is 0 Å². The Bertz CT molecular complexity index is 952. The molecule has 3 rings (SSSR count). The minimum atomic E-state index is -3.51. The van der Waals surface area contributed by atoms with Gasteiger partial charge in [0.25, 0.3) is 5.92 Å². The Morgan fingerprint density at radius 3 is 2.82 bits per heavy atom. The zero-order chi connectivity index (χ0) is 20.5. The molecular weight excluding hydrogens is 395 g/mol. The molecule has 0 aliphatic carbocycles. The number of hydrogen-bond acceptors (Lipinski definition) is 5. The standard InChI is InChI=1S/C19H17ClF3N3O2/c1-18(19(22,23)10-28-9-16(24)26-18)12-7-11(4-5-14(12)21)8-15(27)17-13(20)3-2-6-25-17/h2-7H,8-10H2,1H3,(H2,24,26)/t18-/m1/s1. The third kappa shape index (κ3) is 3.74. The van der Waals surface area contributed by atoms with E-state index < -0.39 is 29.7 Å². The number of aliphatic imine (C=N–C) groups is 1. The van der Waals surface area contributed by atoms with Crippen molar-refractivity contribution in [3.05, 3.63) is 64.2 Å². The number of alkyl halides is 2. The average Bonchev–Trinajstić information content (AvgIpc) is 2.72. The molecule has 1 aromatic heterocycles. The number of rotatable bonds is 4. The zero-order valence-corrected chi connectivity index (χ0v) is 15.6. The maximum absolute atomic E-state index is 14.7. The van der Waals surface area contributed by atoms with Crippen molar-refractivity contribution in [1.82, 2.24) is 4.98 Å². The average molecular weight is 412 g/mol. The van der Waals surface area contributed by atoms with Gasteiger partial charge in [0.2, 0.25) is 0 Å². The third-order valence-electron chi connectivity index (χ3n) is 4.56. The Kier molecular flexibility index (Phi) is 5.45. The molecule has 1 aliphatic rings. The number of nitrogens with zero attached hydrogens (tertiary/aromatic N) is 2. The van der Waals surface area contributed by atoms with Crippen molar-refractivity contribution in [3.63, 3.8) is 0 Å². The van der Waals surface area contributed by atoms with Gasteiger partial charge >= 0.3 is 0 Å². The molecule has 1 atom stereocenters. The van der Waals surface area contributed by atoms with E-state index in [0.717, 1.165) is 13.0 Å². The lowest BCUT2D eigenvalue weighted by atomic mass is 9.84. The SMILES string of the molecule is C[C@]1(c2cc(CC(=O)c3ncccc3Cl)ccc2F)N=C(N)COCC1(F)F. The monoisotopic (exact) mass is 411 g/mol. The van der Waals surface area contributed by atoms with E-state index in [0.29, 0.717) is 5.56 Å². The number of carbonyl (C=O) groups is 1. The van der Waals surface area contributed by atoms with Gasteiger partial charge in [-0.15, -0.1) is 0 Å². The summed E-state index contributed by atoms with van der Waals surface area (Å²) in [6, 6.07) is 6.66. The van der Waals surface area contributed by atoms with Gasteiger partial charge in [-0.2, -0.15) is 0 Å². The van der Waals surface area contributed by atoms with Crippen LogP contribution in [0.5, 0.6) is 0 Å². The van der Waals surface area contributed by atoms with Gasteiger partial charge in [-0.1, -0.05) is 17.7 Å². The molecule has 0 amide bonds. The number of ketones is 1. The lowest BCUT2D eigenvalue weighted by molar-refractivity contribution is -0.116. The van der Waals surface area contributed by atoms with Gasteiger partial charge in [0, 0.05) is 18.2 Å². The number of benzene rings is 1. The fourth-order valence-corrected chi connectivity index (χ4v) is 3.23. The molecule has 0 saturated heterocycles. The van der Waals surface area contributed by atoms with Crippen molar-refractivity contribution in [2.24, 2.45) is 10.7 Å². The molecule has 0 spiro atoms. The van der Waals surface area contributed by atoms with Crippen molar-refractivity contribution in [1.29, 1.82) is 0 Å². The van der Waals surface area contributed by atoms with E-state index in [2.05, 4.69) is 9.98 Å². The van der Waals surface area contributed by atoms with Crippen molar-refractivity contribution in [2.75, 3.05) is 13.2 Å². The number of halogens is 4. The van der Waals surface area contributed by atoms with E-state index in [9.17, 15) is 18.0 Å². The molecule has 148 valence electrons. The fourth-order valence-electron chi connectivity index (χ4n) is 3.00. The zero-order valence-electron chi connectivity index (χ0n) is 14.9. The van der Waals surface area contributed by atoms with E-state index in [1.54, 1.807) is 6.07 Å². The quantitative estimate of drug-likeness (QED) is 0.781. The second-order valence-corrected chi connectivity index (χ2v) is 7.03. The van der Waals surface area contributed by atoms with Crippen molar-refractivity contribution >= 4 is 23.2 Å². The summed E-state index contributed by atoms with van der Waals surface area (Å²) in [5, 5.41) is 0.173. The van der Waals surface area contributed by atoms with Crippen LogP contribution in [0, 0.1) is 5.82 Å². The first-order chi connectivity index (χ1) is 13.1. The summed E-state index contributed by atoms with van der Waals surface area (Å²) in [4.78, 5) is 20.2. The number of nitrogens with two attached hydrogens (primary N) is 1. The molecule has 28 heavy (non-hydrogen) atoms. The van der Waals surface area contributed by atoms with Crippen LogP contribution in [-0.4, -0.2) is 35.7 Å². The molecule has 5 nitrogen and oxygen atoms in total. The topological polar surface area (TPSA) is 77.6 Å². The van der Waals surface area contributed by atoms with Gasteiger partial charge in [0.15, 0.2) is 11.3 Å². The summed E-state index contributed by atoms with van der Waals surface area (Å²) in [5.41, 5.74) is 3.34. The van der Waals surface area contributed by atoms with E-state index in [1.807, 2.05) is 0 Å². The molecule has 2 N–H and O–H groups in total. The Morgan fingerprint density at radius 1 is 1.36 bits per heavy atom. The molecule has 0 bridgehead atoms. The van der Waals surface area contributed by atoms with Crippen molar-refractivity contribution in [3.8, 4) is 0 Å². The highest BCUT2D eigenvalue weighted by atomic mass is 35.5. The van der Waals surface area contributed by atoms with Gasteiger partial charge in [0.1, 0.15) is 30.6 Å². The van der Waals surface area contributed by atoms with Gasteiger partial charge in [-0.3, -0.25) is 14.8 Å². The number of ether oxygens (including phenoxy) is 1. The number of aromatic nitrogens is 1. The summed E-state index contributed by atoms with van der Waals surface area (Å²) in [6.45, 7) is -0.142. The highest BCUT2D eigenvalue weighted by Gasteiger charge is 2.54. The van der Waals surface area contributed by atoms with Crippen LogP contribution in [-0.2, 0) is 16.7 Å². The van der Waals surface area contributed by atoms with E-state index in [1.165, 1.54) is 24.4 Å². The molecular formula is C19H17ClF3N3O2. The number of carbonyl (C=O) groups excluding carboxylic acids is 1. The first-order valence-electron chi connectivity index (χ1n) is 8.36. The smallest absolute Gasteiger partial charge is 0.299 e. The van der Waals surface area contributed by atoms with Gasteiger partial charge < -0.3 is 10.5 Å². The Morgan fingerprint density at radius 2 is 2.11 bits per heavy atom. The highest BCUT2D eigenvalue weighted by molar-refractivity contribution is 6.33. The molecule has 0 unspecified atom stereocenters. The highest BCUT2D eigenvalue weighted by Crippen LogP contribution is 2.43. The predicted octanol–water partition coefficient (Wildman–Crippen LogP) is 3.54. The first-order valence-corrected chi connectivity index (χ1v) is 8.74. The first kappa shape index (κ1) is 20.3. The molecule has 9 heteroatoms. The van der Waals surface area contributed by atoms with E-state index in [-0.39, 0.29) is 35.1 Å². The summed E-state index contributed by atoms with van der Waals surface area (Å²) >= 11 is 5.97. The molecule has 2 aromatic rings. The summed E-state index contributed by atoms with van der Waals surface area (Å²) < 4.78 is 48.8. The number of Topliss-reactive ketones (excluding diaryl/α,β-unsaturated/α-hetero) is 1. The number of pyridine rings is 1. The summed E-state index contributed by atoms with van der Waals surface area (Å²) in [5.74, 6) is -4.98. The minimum absolute atomic E-state index is 0.0525. The molecule has 0 fully saturated rings. The van der Waals surface area contributed by atoms with Crippen LogP contribution < -0.4 is 5.73 Å².